The van der Waals surface area contributed by atoms with Crippen LogP contribution in [0.2, 0.25) is 0 Å². The maximum Gasteiger partial charge on any atom is 0.276 e. The number of ether oxygens (including phenoxy) is 1. The molecule has 40 heavy (non-hydrogen) atoms. The molecule has 1 saturated heterocycles. The Balaban J connectivity index is 1.52. The average Bonchev–Trinajstić information content (AvgIpc) is 3.57. The molecule has 5 aromatic rings. The number of fused-ring (bicyclic) bond motifs is 1. The normalized spacial score (nSPS) is 20.5. The molecule has 0 spiro atoms. The second-order valence-corrected chi connectivity index (χ2v) is 9.57. The number of likely N-dealkylation sites (N-methyl/N-ethyl adjacent to an activating group) is 1. The summed E-state index contributed by atoms with van der Waals surface area (Å²) in [7, 11) is 1.44. The Hall–Kier alpha value is -4.64. The third kappa shape index (κ3) is 4.37. The Morgan fingerprint density at radius 3 is 2.38 bits per heavy atom. The second kappa shape index (κ2) is 10.5. The summed E-state index contributed by atoms with van der Waals surface area (Å²) in [5, 5.41) is 27.2. The van der Waals surface area contributed by atoms with Crippen molar-refractivity contribution in [3.05, 3.63) is 96.8 Å². The Labute approximate surface area is 230 Å². The maximum absolute atomic E-state index is 13.2. The van der Waals surface area contributed by atoms with Crippen LogP contribution in [0.25, 0.3) is 33.7 Å². The predicted molar refractivity (Wildman–Crippen MR) is 150 cm³/mol. The third-order valence-electron chi connectivity index (χ3n) is 7.08. The lowest BCUT2D eigenvalue weighted by atomic mass is 10.0. The van der Waals surface area contributed by atoms with E-state index in [1.54, 1.807) is 0 Å². The molecule has 1 amide bonds. The lowest BCUT2D eigenvalue weighted by molar-refractivity contribution is -0.167. The number of rotatable bonds is 7. The van der Waals surface area contributed by atoms with E-state index < -0.39 is 23.8 Å². The average molecular weight is 537 g/mol. The van der Waals surface area contributed by atoms with Crippen molar-refractivity contribution in [2.45, 2.75) is 24.5 Å². The molecular formula is C30H28N6O4. The number of amides is 1. The molecule has 0 radical (unpaired) electrons. The van der Waals surface area contributed by atoms with Crippen molar-refractivity contribution in [3.8, 4) is 22.5 Å². The molecule has 1 aliphatic rings. The second-order valence-electron chi connectivity index (χ2n) is 9.57. The van der Waals surface area contributed by atoms with E-state index in [0.717, 1.165) is 22.3 Å². The minimum absolute atomic E-state index is 0.232. The van der Waals surface area contributed by atoms with Crippen molar-refractivity contribution in [1.82, 2.24) is 24.8 Å². The number of anilines is 1. The molecule has 3 heterocycles. The minimum Gasteiger partial charge on any atom is -0.388 e. The van der Waals surface area contributed by atoms with Gasteiger partial charge in [0.2, 0.25) is 0 Å². The highest BCUT2D eigenvalue weighted by atomic mass is 16.6. The van der Waals surface area contributed by atoms with Crippen LogP contribution in [0.15, 0.2) is 91.3 Å². The maximum atomic E-state index is 13.2. The number of nitrogens with one attached hydrogen (secondary N) is 2. The molecule has 3 aromatic carbocycles. The zero-order valence-electron chi connectivity index (χ0n) is 21.7. The van der Waals surface area contributed by atoms with Crippen molar-refractivity contribution < 1.29 is 19.7 Å². The number of aliphatic hydroxyl groups excluding tert-OH is 2. The van der Waals surface area contributed by atoms with Crippen molar-refractivity contribution in [2.75, 3.05) is 19.0 Å². The van der Waals surface area contributed by atoms with Crippen molar-refractivity contribution in [3.63, 3.8) is 0 Å². The van der Waals surface area contributed by atoms with Gasteiger partial charge in [-0.15, -0.1) is 0 Å². The van der Waals surface area contributed by atoms with Crippen LogP contribution in [0, 0.1) is 0 Å². The molecule has 4 N–H and O–H groups in total. The predicted octanol–water partition coefficient (Wildman–Crippen LogP) is 2.92. The van der Waals surface area contributed by atoms with Crippen molar-refractivity contribution in [2.24, 2.45) is 0 Å². The van der Waals surface area contributed by atoms with Crippen LogP contribution >= 0.6 is 0 Å². The number of carbonyl (C=O) groups excluding carboxylic acids is 1. The largest absolute Gasteiger partial charge is 0.388 e. The van der Waals surface area contributed by atoms with Gasteiger partial charge in [-0.3, -0.25) is 9.36 Å². The quantitative estimate of drug-likeness (QED) is 0.250. The molecule has 6 rings (SSSR count). The summed E-state index contributed by atoms with van der Waals surface area (Å²) in [6.45, 7) is 0.242. The summed E-state index contributed by atoms with van der Waals surface area (Å²) in [5.74, 6) is 0.205. The Morgan fingerprint density at radius 1 is 0.975 bits per heavy atom. The molecule has 1 aliphatic heterocycles. The number of imidazole rings is 1. The molecule has 2 aromatic heterocycles. The number of nitrogens with zero attached hydrogens (tertiary/aromatic N) is 4. The fourth-order valence-corrected chi connectivity index (χ4v) is 5.00. The van der Waals surface area contributed by atoms with Gasteiger partial charge < -0.3 is 25.6 Å². The van der Waals surface area contributed by atoms with Crippen LogP contribution in [-0.4, -0.2) is 61.5 Å². The first-order valence-corrected chi connectivity index (χ1v) is 12.9. The topological polar surface area (TPSA) is 134 Å². The van der Waals surface area contributed by atoms with Crippen molar-refractivity contribution in [1.29, 1.82) is 0 Å². The smallest absolute Gasteiger partial charge is 0.276 e. The van der Waals surface area contributed by atoms with Gasteiger partial charge in [0.15, 0.2) is 22.8 Å². The standard InChI is InChI=1S/C30H28N6O4/c1-31-29(39)30(25(38)23(37)17-40-30)36-18-33-24-27(32-16-19-9-4-2-5-10-19)34-26(35-28(24)36)22-14-8-13-21(15-22)20-11-6-3-7-12-20/h2-15,18,23,25,37-38H,16-17H2,1H3,(H,31,39)(H,32,34,35). The van der Waals surface area contributed by atoms with Gasteiger partial charge >= 0.3 is 0 Å². The molecule has 10 nitrogen and oxygen atoms in total. The van der Waals surface area contributed by atoms with E-state index in [1.165, 1.54) is 17.9 Å². The minimum atomic E-state index is -1.96. The number of aliphatic hydroxyl groups is 2. The number of benzene rings is 3. The fraction of sp³-hybridized carbons (Fsp3) is 0.200. The number of aromatic nitrogens is 4. The van der Waals surface area contributed by atoms with E-state index in [1.807, 2.05) is 84.9 Å². The monoisotopic (exact) mass is 536 g/mol. The van der Waals surface area contributed by atoms with Gasteiger partial charge in [-0.2, -0.15) is 0 Å². The molecule has 3 atom stereocenters. The third-order valence-corrected chi connectivity index (χ3v) is 7.08. The van der Waals surface area contributed by atoms with E-state index in [9.17, 15) is 15.0 Å². The number of hydrogen-bond acceptors (Lipinski definition) is 8. The van der Waals surface area contributed by atoms with Gasteiger partial charge in [0.25, 0.3) is 11.6 Å². The van der Waals surface area contributed by atoms with Gasteiger partial charge in [-0.25, -0.2) is 15.0 Å². The van der Waals surface area contributed by atoms with Gasteiger partial charge in [0, 0.05) is 19.2 Å². The van der Waals surface area contributed by atoms with Crippen LogP contribution in [0.4, 0.5) is 5.82 Å². The molecule has 0 bridgehead atoms. The Bertz CT molecular complexity index is 1660. The van der Waals surface area contributed by atoms with Gasteiger partial charge in [-0.05, 0) is 22.8 Å². The molecule has 3 unspecified atom stereocenters. The molecular weight excluding hydrogens is 508 g/mol. The highest BCUT2D eigenvalue weighted by Gasteiger charge is 2.57. The first kappa shape index (κ1) is 25.6. The number of carbonyl (C=O) groups is 1. The molecule has 10 heteroatoms. The molecule has 1 fully saturated rings. The zero-order chi connectivity index (χ0) is 27.7. The summed E-state index contributed by atoms with van der Waals surface area (Å²) in [5.41, 5.74) is 2.53. The van der Waals surface area contributed by atoms with Crippen molar-refractivity contribution >= 4 is 22.9 Å². The lowest BCUT2D eigenvalue weighted by Gasteiger charge is -2.31. The highest BCUT2D eigenvalue weighted by Crippen LogP contribution is 2.36. The fourth-order valence-electron chi connectivity index (χ4n) is 5.00. The summed E-state index contributed by atoms with van der Waals surface area (Å²) in [6.07, 6.45) is -1.44. The first-order valence-electron chi connectivity index (χ1n) is 12.9. The summed E-state index contributed by atoms with van der Waals surface area (Å²) in [4.78, 5) is 27.3. The van der Waals surface area contributed by atoms with E-state index in [2.05, 4.69) is 15.6 Å². The van der Waals surface area contributed by atoms with Gasteiger partial charge in [0.1, 0.15) is 18.5 Å². The Kier molecular flexibility index (Phi) is 6.72. The zero-order valence-corrected chi connectivity index (χ0v) is 21.7. The van der Waals surface area contributed by atoms with Gasteiger partial charge in [0.05, 0.1) is 6.61 Å². The van der Waals surface area contributed by atoms with Crippen LogP contribution in [-0.2, 0) is 21.8 Å². The SMILES string of the molecule is CNC(=O)C1(n2cnc3c(NCc4ccccc4)nc(-c4cccc(-c5ccccc5)c4)nc32)OCC(O)C1O. The number of hydrogen-bond donors (Lipinski definition) is 4. The van der Waals surface area contributed by atoms with Crippen LogP contribution in [0.1, 0.15) is 5.56 Å². The van der Waals surface area contributed by atoms with Crippen LogP contribution < -0.4 is 10.6 Å². The van der Waals surface area contributed by atoms with E-state index >= 15 is 0 Å². The molecule has 0 aliphatic carbocycles. The molecule has 202 valence electrons. The first-order chi connectivity index (χ1) is 19.5. The summed E-state index contributed by atoms with van der Waals surface area (Å²) in [6, 6.07) is 27.7. The van der Waals surface area contributed by atoms with E-state index in [4.69, 9.17) is 14.7 Å². The molecule has 0 saturated carbocycles. The summed E-state index contributed by atoms with van der Waals surface area (Å²) < 4.78 is 7.17. The van der Waals surface area contributed by atoms with Gasteiger partial charge in [-0.1, -0.05) is 78.9 Å². The van der Waals surface area contributed by atoms with Crippen LogP contribution in [0.3, 0.4) is 0 Å². The Morgan fingerprint density at radius 2 is 1.68 bits per heavy atom. The summed E-state index contributed by atoms with van der Waals surface area (Å²) >= 11 is 0. The van der Waals surface area contributed by atoms with Crippen LogP contribution in [0.5, 0.6) is 0 Å². The highest BCUT2D eigenvalue weighted by molar-refractivity contribution is 5.90. The van der Waals surface area contributed by atoms with E-state index in [-0.39, 0.29) is 12.3 Å². The lowest BCUT2D eigenvalue weighted by Crippen LogP contribution is -2.55. The van der Waals surface area contributed by atoms with E-state index in [0.29, 0.717) is 23.7 Å².